The lowest BCUT2D eigenvalue weighted by atomic mass is 10.2. The maximum absolute atomic E-state index is 12.7. The third-order valence-corrected chi connectivity index (χ3v) is 5.75. The number of nitrogens with one attached hydrogen (secondary N) is 1. The molecule has 0 amide bonds. The Bertz CT molecular complexity index is 1140. The summed E-state index contributed by atoms with van der Waals surface area (Å²) in [6.07, 6.45) is 0. The molecule has 9 heteroatoms. The van der Waals surface area contributed by atoms with E-state index < -0.39 is 16.0 Å². The van der Waals surface area contributed by atoms with Crippen LogP contribution < -0.4 is 18.9 Å². The molecule has 0 saturated heterocycles. The number of benzene rings is 3. The van der Waals surface area contributed by atoms with Gasteiger partial charge in [0.1, 0.15) is 30.5 Å². The molecule has 0 aliphatic carbocycles. The Kier molecular flexibility index (Phi) is 7.56. The molecule has 0 atom stereocenters. The highest BCUT2D eigenvalue weighted by Crippen LogP contribution is 2.20. The van der Waals surface area contributed by atoms with Crippen LogP contribution in [-0.4, -0.2) is 41.8 Å². The first kappa shape index (κ1) is 23.0. The molecule has 1 N–H and O–H groups in total. The third-order valence-electron chi connectivity index (χ3n) is 4.37. The molecule has 0 unspecified atom stereocenters. The fourth-order valence-electron chi connectivity index (χ4n) is 2.71. The Balaban J connectivity index is 1.56. The SMILES string of the molecule is COc1ccc(NS(=O)(=O)c2cccc(C(=O)OCCOc3ccc(OC)cc3)c2)cc1. The molecule has 32 heavy (non-hydrogen) atoms. The van der Waals surface area contributed by atoms with E-state index in [9.17, 15) is 13.2 Å². The topological polar surface area (TPSA) is 100 Å². The summed E-state index contributed by atoms with van der Waals surface area (Å²) in [6.45, 7) is 0.154. The van der Waals surface area contributed by atoms with E-state index in [2.05, 4.69) is 4.72 Å². The Morgan fingerprint density at radius 2 is 1.41 bits per heavy atom. The van der Waals surface area contributed by atoms with E-state index in [4.69, 9.17) is 18.9 Å². The average Bonchev–Trinajstić information content (AvgIpc) is 2.82. The fraction of sp³-hybridized carbons (Fsp3) is 0.174. The summed E-state index contributed by atoms with van der Waals surface area (Å²) in [4.78, 5) is 12.3. The van der Waals surface area contributed by atoms with Crippen LogP contribution in [0.25, 0.3) is 0 Å². The monoisotopic (exact) mass is 457 g/mol. The van der Waals surface area contributed by atoms with E-state index in [1.54, 1.807) is 55.6 Å². The molecule has 0 aromatic heterocycles. The molecule has 0 fully saturated rings. The smallest absolute Gasteiger partial charge is 0.338 e. The normalized spacial score (nSPS) is 10.8. The second-order valence-electron chi connectivity index (χ2n) is 6.52. The quantitative estimate of drug-likeness (QED) is 0.366. The van der Waals surface area contributed by atoms with Crippen molar-refractivity contribution in [3.63, 3.8) is 0 Å². The van der Waals surface area contributed by atoms with Gasteiger partial charge in [-0.1, -0.05) is 6.07 Å². The van der Waals surface area contributed by atoms with E-state index in [1.807, 2.05) is 0 Å². The fourth-order valence-corrected chi connectivity index (χ4v) is 3.82. The molecule has 0 aliphatic heterocycles. The number of methoxy groups -OCH3 is 2. The summed E-state index contributed by atoms with van der Waals surface area (Å²) in [5.74, 6) is 1.28. The van der Waals surface area contributed by atoms with Crippen LogP contribution in [0.4, 0.5) is 5.69 Å². The summed E-state index contributed by atoms with van der Waals surface area (Å²) in [6, 6.07) is 19.1. The third kappa shape index (κ3) is 6.14. The van der Waals surface area contributed by atoms with Crippen molar-refractivity contribution in [3.8, 4) is 17.2 Å². The predicted octanol–water partition coefficient (Wildman–Crippen LogP) is 3.74. The molecule has 0 saturated carbocycles. The molecule has 0 radical (unpaired) electrons. The van der Waals surface area contributed by atoms with Crippen LogP contribution in [0, 0.1) is 0 Å². The Hall–Kier alpha value is -3.72. The van der Waals surface area contributed by atoms with Crippen molar-refractivity contribution in [2.24, 2.45) is 0 Å². The van der Waals surface area contributed by atoms with E-state index in [0.717, 1.165) is 0 Å². The van der Waals surface area contributed by atoms with Crippen LogP contribution in [0.15, 0.2) is 77.7 Å². The van der Waals surface area contributed by atoms with Crippen molar-refractivity contribution >= 4 is 21.7 Å². The highest BCUT2D eigenvalue weighted by molar-refractivity contribution is 7.92. The lowest BCUT2D eigenvalue weighted by molar-refractivity contribution is 0.0450. The number of sulfonamides is 1. The zero-order valence-electron chi connectivity index (χ0n) is 17.6. The van der Waals surface area contributed by atoms with Gasteiger partial charge in [-0.05, 0) is 66.7 Å². The van der Waals surface area contributed by atoms with Crippen LogP contribution in [-0.2, 0) is 14.8 Å². The van der Waals surface area contributed by atoms with Crippen LogP contribution >= 0.6 is 0 Å². The molecule has 0 aliphatic rings. The van der Waals surface area contributed by atoms with Crippen LogP contribution in [0.1, 0.15) is 10.4 Å². The molecule has 0 spiro atoms. The molecular formula is C23H23NO7S. The maximum Gasteiger partial charge on any atom is 0.338 e. The number of hydrogen-bond acceptors (Lipinski definition) is 7. The number of anilines is 1. The van der Waals surface area contributed by atoms with Gasteiger partial charge in [-0.25, -0.2) is 13.2 Å². The first-order valence-electron chi connectivity index (χ1n) is 9.62. The van der Waals surface area contributed by atoms with Crippen molar-refractivity contribution in [1.82, 2.24) is 0 Å². The number of ether oxygens (including phenoxy) is 4. The molecule has 3 aromatic carbocycles. The summed E-state index contributed by atoms with van der Waals surface area (Å²) >= 11 is 0. The lowest BCUT2D eigenvalue weighted by Crippen LogP contribution is -2.15. The molecule has 8 nitrogen and oxygen atoms in total. The lowest BCUT2D eigenvalue weighted by Gasteiger charge is -2.10. The van der Waals surface area contributed by atoms with Crippen molar-refractivity contribution in [2.75, 3.05) is 32.2 Å². The first-order chi connectivity index (χ1) is 15.4. The highest BCUT2D eigenvalue weighted by atomic mass is 32.2. The van der Waals surface area contributed by atoms with Gasteiger partial charge in [-0.3, -0.25) is 4.72 Å². The minimum atomic E-state index is -3.89. The minimum absolute atomic E-state index is 0.00589. The van der Waals surface area contributed by atoms with Gasteiger partial charge in [-0.2, -0.15) is 0 Å². The zero-order valence-corrected chi connectivity index (χ0v) is 18.4. The molecular weight excluding hydrogens is 434 g/mol. The largest absolute Gasteiger partial charge is 0.497 e. The molecule has 0 heterocycles. The Morgan fingerprint density at radius 3 is 2.03 bits per heavy atom. The van der Waals surface area contributed by atoms with Gasteiger partial charge in [0.05, 0.1) is 24.7 Å². The van der Waals surface area contributed by atoms with Gasteiger partial charge in [0.25, 0.3) is 10.0 Å². The van der Waals surface area contributed by atoms with Gasteiger partial charge < -0.3 is 18.9 Å². The number of carbonyl (C=O) groups is 1. The number of rotatable bonds is 10. The van der Waals surface area contributed by atoms with E-state index in [0.29, 0.717) is 22.9 Å². The number of carbonyl (C=O) groups excluding carboxylic acids is 1. The van der Waals surface area contributed by atoms with Crippen molar-refractivity contribution in [2.45, 2.75) is 4.90 Å². The molecule has 168 valence electrons. The van der Waals surface area contributed by atoms with E-state index in [-0.39, 0.29) is 23.7 Å². The second kappa shape index (κ2) is 10.5. The van der Waals surface area contributed by atoms with Gasteiger partial charge in [0.2, 0.25) is 0 Å². The first-order valence-corrected chi connectivity index (χ1v) is 11.1. The standard InChI is InChI=1S/C23H23NO7S/c1-28-19-8-6-18(7-9-19)24-32(26,27)22-5-3-4-17(16-22)23(25)31-15-14-30-21-12-10-20(29-2)11-13-21/h3-13,16,24H,14-15H2,1-2H3. The molecule has 0 bridgehead atoms. The average molecular weight is 458 g/mol. The summed E-state index contributed by atoms with van der Waals surface area (Å²) in [5.41, 5.74) is 0.488. The molecule has 3 rings (SSSR count). The van der Waals surface area contributed by atoms with E-state index >= 15 is 0 Å². The summed E-state index contributed by atoms with van der Waals surface area (Å²) in [5, 5.41) is 0. The molecule has 3 aromatic rings. The van der Waals surface area contributed by atoms with Crippen molar-refractivity contribution in [1.29, 1.82) is 0 Å². The van der Waals surface area contributed by atoms with Crippen molar-refractivity contribution < 1.29 is 32.2 Å². The van der Waals surface area contributed by atoms with Crippen LogP contribution in [0.5, 0.6) is 17.2 Å². The number of esters is 1. The van der Waals surface area contributed by atoms with Gasteiger partial charge in [-0.15, -0.1) is 0 Å². The zero-order chi connectivity index (χ0) is 23.0. The van der Waals surface area contributed by atoms with Crippen molar-refractivity contribution in [3.05, 3.63) is 78.4 Å². The maximum atomic E-state index is 12.7. The summed E-state index contributed by atoms with van der Waals surface area (Å²) < 4.78 is 48.6. The van der Waals surface area contributed by atoms with E-state index in [1.165, 1.54) is 31.4 Å². The minimum Gasteiger partial charge on any atom is -0.497 e. The predicted molar refractivity (Wildman–Crippen MR) is 119 cm³/mol. The second-order valence-corrected chi connectivity index (χ2v) is 8.20. The Labute approximate surface area is 186 Å². The van der Waals surface area contributed by atoms with Gasteiger partial charge in [0, 0.05) is 5.69 Å². The van der Waals surface area contributed by atoms with Crippen LogP contribution in [0.2, 0.25) is 0 Å². The summed E-state index contributed by atoms with van der Waals surface area (Å²) in [7, 11) is -0.793. The highest BCUT2D eigenvalue weighted by Gasteiger charge is 2.17. The van der Waals surface area contributed by atoms with Gasteiger partial charge >= 0.3 is 5.97 Å². The number of hydrogen-bond donors (Lipinski definition) is 1. The van der Waals surface area contributed by atoms with Gasteiger partial charge in [0.15, 0.2) is 0 Å². The Morgan fingerprint density at radius 1 is 0.812 bits per heavy atom. The van der Waals surface area contributed by atoms with Crippen LogP contribution in [0.3, 0.4) is 0 Å².